The van der Waals surface area contributed by atoms with Crippen LogP contribution in [0.15, 0.2) is 91.3 Å². The molecule has 14 nitrogen and oxygen atoms in total. The van der Waals surface area contributed by atoms with Crippen molar-refractivity contribution >= 4 is 51.3 Å². The van der Waals surface area contributed by atoms with Crippen molar-refractivity contribution in [1.82, 2.24) is 31.2 Å². The maximum absolute atomic E-state index is 14.2. The number of aromatic amines is 2. The third kappa shape index (κ3) is 10.3. The molecule has 0 aliphatic carbocycles. The molecule has 0 aliphatic rings. The van der Waals surface area contributed by atoms with Gasteiger partial charge in [-0.25, -0.2) is 0 Å². The number of unbranched alkanes of at least 4 members (excludes halogenated alkanes) is 1. The molecule has 1 unspecified atom stereocenters. The normalized spacial score (nSPS) is 14.1. The number of aromatic nitrogens is 2. The Hall–Kier alpha value is -5.99. The van der Waals surface area contributed by atoms with Crippen molar-refractivity contribution in [3.8, 4) is 0 Å². The van der Waals surface area contributed by atoms with Crippen LogP contribution in [-0.2, 0) is 43.2 Å². The van der Waals surface area contributed by atoms with Gasteiger partial charge in [0.15, 0.2) is 0 Å². The number of nitrogens with two attached hydrogens (primary N) is 3. The van der Waals surface area contributed by atoms with Gasteiger partial charge in [0, 0.05) is 47.0 Å². The molecule has 12 N–H and O–H groups in total. The van der Waals surface area contributed by atoms with Gasteiger partial charge < -0.3 is 48.4 Å². The summed E-state index contributed by atoms with van der Waals surface area (Å²) < 4.78 is 0. The molecule has 0 saturated heterocycles. The summed E-state index contributed by atoms with van der Waals surface area (Å²) in [6.45, 7) is 1.93. The first-order valence-corrected chi connectivity index (χ1v) is 18.1. The molecule has 0 fully saturated rings. The molecule has 0 spiro atoms. The number of amides is 5. The van der Waals surface area contributed by atoms with Crippen LogP contribution in [0.2, 0.25) is 0 Å². The lowest BCUT2D eigenvalue weighted by Crippen LogP contribution is -2.59. The van der Waals surface area contributed by atoms with Crippen molar-refractivity contribution in [2.75, 3.05) is 6.54 Å². The number of carbonyl (C=O) groups excluding carboxylic acids is 5. The average Bonchev–Trinajstić information content (AvgIpc) is 3.77. The van der Waals surface area contributed by atoms with Crippen LogP contribution in [0.4, 0.5) is 0 Å². The van der Waals surface area contributed by atoms with Crippen LogP contribution in [0.5, 0.6) is 0 Å². The Morgan fingerprint density at radius 1 is 0.611 bits per heavy atom. The predicted octanol–water partition coefficient (Wildman–Crippen LogP) is 1.58. The highest BCUT2D eigenvalue weighted by Gasteiger charge is 2.31. The zero-order chi connectivity index (χ0) is 38.6. The Morgan fingerprint density at radius 3 is 1.72 bits per heavy atom. The third-order valence-electron chi connectivity index (χ3n) is 9.46. The first kappa shape index (κ1) is 39.2. The molecule has 5 atom stereocenters. The highest BCUT2D eigenvalue weighted by molar-refractivity contribution is 5.96. The van der Waals surface area contributed by atoms with Crippen LogP contribution in [0.1, 0.15) is 42.9 Å². The van der Waals surface area contributed by atoms with Crippen molar-refractivity contribution in [3.63, 3.8) is 0 Å². The number of fused-ring (bicyclic) bond motifs is 2. The second kappa shape index (κ2) is 18.7. The van der Waals surface area contributed by atoms with E-state index in [1.54, 1.807) is 6.20 Å². The molecule has 3 aromatic carbocycles. The number of rotatable bonds is 19. The quantitative estimate of drug-likeness (QED) is 0.0567. The maximum atomic E-state index is 14.2. The minimum absolute atomic E-state index is 0.0605. The summed E-state index contributed by atoms with van der Waals surface area (Å²) in [6.07, 6.45) is 5.48. The SMILES string of the molecule is C[C@H](NC(=O)C(N)Cc1c[nH]c2ccccc12)C(=O)N[C@@H](Cc1c[nH]c2ccccc12)C(=O)N[C@H](Cc1ccccc1)C(=O)N[C@@H](CCCCN)C(N)=O. The van der Waals surface area contributed by atoms with Gasteiger partial charge in [0.05, 0.1) is 6.04 Å². The first-order valence-electron chi connectivity index (χ1n) is 18.1. The molecule has 5 amide bonds. The molecule has 0 bridgehead atoms. The van der Waals surface area contributed by atoms with E-state index in [2.05, 4.69) is 31.2 Å². The van der Waals surface area contributed by atoms with Gasteiger partial charge in [-0.1, -0.05) is 66.7 Å². The zero-order valence-corrected chi connectivity index (χ0v) is 30.3. The summed E-state index contributed by atoms with van der Waals surface area (Å²) in [7, 11) is 0. The van der Waals surface area contributed by atoms with Gasteiger partial charge in [-0.15, -0.1) is 0 Å². The fraction of sp³-hybridized carbons (Fsp3) is 0.325. The van der Waals surface area contributed by atoms with E-state index < -0.39 is 59.7 Å². The van der Waals surface area contributed by atoms with Crippen molar-refractivity contribution in [2.24, 2.45) is 17.2 Å². The number of hydrogen-bond acceptors (Lipinski definition) is 7. The van der Waals surface area contributed by atoms with E-state index in [1.165, 1.54) is 6.92 Å². The minimum atomic E-state index is -1.17. The largest absolute Gasteiger partial charge is 0.368 e. The van der Waals surface area contributed by atoms with E-state index in [9.17, 15) is 24.0 Å². The maximum Gasteiger partial charge on any atom is 0.243 e. The molecule has 2 heterocycles. The van der Waals surface area contributed by atoms with E-state index in [1.807, 2.05) is 85.1 Å². The molecular formula is C40H49N9O5. The monoisotopic (exact) mass is 735 g/mol. The third-order valence-corrected chi connectivity index (χ3v) is 9.46. The Labute approximate surface area is 313 Å². The van der Waals surface area contributed by atoms with Gasteiger partial charge >= 0.3 is 0 Å². The van der Waals surface area contributed by atoms with Crippen LogP contribution < -0.4 is 38.5 Å². The molecule has 5 aromatic rings. The predicted molar refractivity (Wildman–Crippen MR) is 208 cm³/mol. The number of H-pyrrole nitrogens is 2. The Balaban J connectivity index is 1.33. The highest BCUT2D eigenvalue weighted by atomic mass is 16.2. The average molecular weight is 736 g/mol. The number of nitrogens with one attached hydrogen (secondary N) is 6. The molecule has 54 heavy (non-hydrogen) atoms. The summed E-state index contributed by atoms with van der Waals surface area (Å²) in [6, 6.07) is 19.1. The summed E-state index contributed by atoms with van der Waals surface area (Å²) in [5, 5.41) is 12.8. The summed E-state index contributed by atoms with van der Waals surface area (Å²) >= 11 is 0. The molecule has 14 heteroatoms. The molecule has 284 valence electrons. The lowest BCUT2D eigenvalue weighted by Gasteiger charge is -2.26. The molecule has 0 radical (unpaired) electrons. The lowest BCUT2D eigenvalue weighted by atomic mass is 10.0. The number of carbonyl (C=O) groups is 5. The summed E-state index contributed by atoms with van der Waals surface area (Å²) in [4.78, 5) is 73.4. The molecule has 5 rings (SSSR count). The van der Waals surface area contributed by atoms with Gasteiger partial charge in [-0.2, -0.15) is 0 Å². The second-order valence-corrected chi connectivity index (χ2v) is 13.5. The van der Waals surface area contributed by atoms with E-state index in [0.717, 1.165) is 38.5 Å². The Bertz CT molecular complexity index is 2060. The lowest BCUT2D eigenvalue weighted by molar-refractivity contribution is -0.134. The molecule has 2 aromatic heterocycles. The smallest absolute Gasteiger partial charge is 0.243 e. The standard InChI is InChI=1S/C40H49N9O5/c1-24(46-38(52)30(42)20-26-22-44-31-15-7-5-13-28(26)31)37(51)48-35(21-27-23-45-32-16-8-6-14-29(27)32)40(54)49-34(19-25-11-3-2-4-12-25)39(53)47-33(36(43)50)17-9-10-18-41/h2-8,11-16,22-24,30,33-35,44-45H,9-10,17-21,41-42H2,1H3,(H2,43,50)(H,46,52)(H,47,53)(H,48,51)(H,49,54)/t24-,30?,33-,34+,35-/m0/s1. The fourth-order valence-electron chi connectivity index (χ4n) is 6.42. The number of benzene rings is 3. The van der Waals surface area contributed by atoms with Crippen molar-refractivity contribution < 1.29 is 24.0 Å². The van der Waals surface area contributed by atoms with Gasteiger partial charge in [-0.05, 0) is 68.0 Å². The topological polar surface area (TPSA) is 243 Å². The highest BCUT2D eigenvalue weighted by Crippen LogP contribution is 2.20. The van der Waals surface area contributed by atoms with Gasteiger partial charge in [0.1, 0.15) is 24.2 Å². The van der Waals surface area contributed by atoms with Crippen LogP contribution in [0, 0.1) is 0 Å². The van der Waals surface area contributed by atoms with Crippen molar-refractivity contribution in [1.29, 1.82) is 0 Å². The number of hydrogen-bond donors (Lipinski definition) is 9. The molecular weight excluding hydrogens is 686 g/mol. The van der Waals surface area contributed by atoms with E-state index in [0.29, 0.717) is 25.8 Å². The Kier molecular flexibility index (Phi) is 13.6. The van der Waals surface area contributed by atoms with E-state index in [4.69, 9.17) is 17.2 Å². The van der Waals surface area contributed by atoms with Gasteiger partial charge in [0.25, 0.3) is 0 Å². The molecule has 0 aliphatic heterocycles. The van der Waals surface area contributed by atoms with Gasteiger partial charge in [0.2, 0.25) is 29.5 Å². The van der Waals surface area contributed by atoms with Crippen molar-refractivity contribution in [3.05, 3.63) is 108 Å². The van der Waals surface area contributed by atoms with E-state index >= 15 is 0 Å². The van der Waals surface area contributed by atoms with Gasteiger partial charge in [-0.3, -0.25) is 24.0 Å². The Morgan fingerprint density at radius 2 is 1.13 bits per heavy atom. The van der Waals surface area contributed by atoms with Crippen molar-refractivity contribution in [2.45, 2.75) is 75.7 Å². The molecule has 0 saturated carbocycles. The second-order valence-electron chi connectivity index (χ2n) is 13.5. The van der Waals surface area contributed by atoms with Crippen LogP contribution in [0.25, 0.3) is 21.8 Å². The summed E-state index contributed by atoms with van der Waals surface area (Å²) in [5.74, 6) is -3.10. The van der Waals surface area contributed by atoms with E-state index in [-0.39, 0.29) is 19.3 Å². The fourth-order valence-corrected chi connectivity index (χ4v) is 6.42. The number of primary amides is 1. The van der Waals surface area contributed by atoms with Crippen LogP contribution in [0.3, 0.4) is 0 Å². The van der Waals surface area contributed by atoms with Crippen LogP contribution in [-0.4, -0.2) is 76.3 Å². The van der Waals surface area contributed by atoms with Crippen LogP contribution >= 0.6 is 0 Å². The minimum Gasteiger partial charge on any atom is -0.368 e. The zero-order valence-electron chi connectivity index (χ0n) is 30.3. The first-order chi connectivity index (χ1) is 26.0. The summed E-state index contributed by atoms with van der Waals surface area (Å²) in [5.41, 5.74) is 21.6. The number of para-hydroxylation sites is 2.